The second kappa shape index (κ2) is 6.34. The summed E-state index contributed by atoms with van der Waals surface area (Å²) in [5, 5.41) is 3.11. The highest BCUT2D eigenvalue weighted by molar-refractivity contribution is 9.09. The first-order valence-electron chi connectivity index (χ1n) is 3.53. The molecule has 64 valence electrons. The Labute approximate surface area is 74.7 Å². The molecule has 0 radical (unpaired) electrons. The number of unbranched alkanes of at least 4 members (excludes halogenated alkanes) is 1. The molecule has 0 fully saturated rings. The fourth-order valence-electron chi connectivity index (χ4n) is 0.639. The number of halogens is 1. The number of nitrogens with one attached hydrogen (secondary N) is 1. The van der Waals surface area contributed by atoms with Crippen LogP contribution in [0.2, 0.25) is 0 Å². The van der Waals surface area contributed by atoms with Gasteiger partial charge in [0.05, 0.1) is 0 Å². The summed E-state index contributed by atoms with van der Waals surface area (Å²) in [6.45, 7) is 1.34. The lowest BCUT2D eigenvalue weighted by Gasteiger charge is -1.98. The number of hydrogen-bond acceptors (Lipinski definition) is 2. The maximum absolute atomic E-state index is 10.8. The van der Waals surface area contributed by atoms with Gasteiger partial charge in [0.25, 0.3) is 0 Å². The summed E-state index contributed by atoms with van der Waals surface area (Å²) in [7, 11) is 0. The highest BCUT2D eigenvalue weighted by atomic mass is 79.9. The Morgan fingerprint density at radius 3 is 2.45 bits per heavy atom. The molecule has 0 aromatic heterocycles. The molecule has 3 nitrogen and oxygen atoms in total. The van der Waals surface area contributed by atoms with E-state index >= 15 is 0 Å². The first-order chi connectivity index (χ1) is 5.16. The van der Waals surface area contributed by atoms with Crippen molar-refractivity contribution < 1.29 is 9.59 Å². The summed E-state index contributed by atoms with van der Waals surface area (Å²) in [6.07, 6.45) is 2.22. The number of carbonyl (C=O) groups excluding carboxylic acids is 2. The van der Waals surface area contributed by atoms with E-state index in [0.29, 0.717) is 6.42 Å². The van der Waals surface area contributed by atoms with Crippen molar-refractivity contribution in [3.63, 3.8) is 0 Å². The van der Waals surface area contributed by atoms with E-state index in [1.807, 2.05) is 0 Å². The first kappa shape index (κ1) is 10.6. The van der Waals surface area contributed by atoms with Crippen molar-refractivity contribution >= 4 is 27.7 Å². The van der Waals surface area contributed by atoms with E-state index in [1.54, 1.807) is 0 Å². The van der Waals surface area contributed by atoms with Gasteiger partial charge >= 0.3 is 0 Å². The van der Waals surface area contributed by atoms with Crippen molar-refractivity contribution in [2.45, 2.75) is 26.2 Å². The first-order valence-corrected chi connectivity index (χ1v) is 4.65. The van der Waals surface area contributed by atoms with Crippen molar-refractivity contribution in [3.8, 4) is 0 Å². The van der Waals surface area contributed by atoms with Gasteiger partial charge in [0, 0.05) is 18.7 Å². The maximum atomic E-state index is 10.8. The lowest BCUT2D eigenvalue weighted by atomic mass is 10.2. The maximum Gasteiger partial charge on any atom is 0.226 e. The quantitative estimate of drug-likeness (QED) is 0.574. The lowest BCUT2D eigenvalue weighted by Crippen LogP contribution is -2.27. The van der Waals surface area contributed by atoms with E-state index in [0.717, 1.165) is 18.2 Å². The highest BCUT2D eigenvalue weighted by Crippen LogP contribution is 1.97. The van der Waals surface area contributed by atoms with Gasteiger partial charge < -0.3 is 0 Å². The molecule has 0 atom stereocenters. The largest absolute Gasteiger partial charge is 0.297 e. The van der Waals surface area contributed by atoms with Crippen molar-refractivity contribution in [1.29, 1.82) is 0 Å². The van der Waals surface area contributed by atoms with Gasteiger partial charge in [-0.1, -0.05) is 15.9 Å². The molecular weight excluding hydrogens is 210 g/mol. The molecule has 1 N–H and O–H groups in total. The van der Waals surface area contributed by atoms with E-state index in [9.17, 15) is 9.59 Å². The SMILES string of the molecule is CC(=O)NC(=O)CCCCBr. The average Bonchev–Trinajstić information content (AvgIpc) is 1.86. The monoisotopic (exact) mass is 221 g/mol. The molecule has 0 aliphatic carbocycles. The lowest BCUT2D eigenvalue weighted by molar-refractivity contribution is -0.129. The smallest absolute Gasteiger partial charge is 0.226 e. The molecule has 0 heterocycles. The Kier molecular flexibility index (Phi) is 6.12. The van der Waals surface area contributed by atoms with Crippen LogP contribution < -0.4 is 5.32 Å². The molecular formula is C7H12BrNO2. The molecule has 0 aromatic carbocycles. The van der Waals surface area contributed by atoms with Crippen molar-refractivity contribution in [2.75, 3.05) is 5.33 Å². The van der Waals surface area contributed by atoms with E-state index in [4.69, 9.17) is 0 Å². The van der Waals surface area contributed by atoms with Crippen LogP contribution in [-0.4, -0.2) is 17.1 Å². The summed E-state index contributed by atoms with van der Waals surface area (Å²) < 4.78 is 0. The van der Waals surface area contributed by atoms with Crippen LogP contribution in [0.1, 0.15) is 26.2 Å². The number of amides is 2. The normalized spacial score (nSPS) is 9.27. The fraction of sp³-hybridized carbons (Fsp3) is 0.714. The topological polar surface area (TPSA) is 46.2 Å². The fourth-order valence-corrected chi connectivity index (χ4v) is 1.04. The van der Waals surface area contributed by atoms with Gasteiger partial charge in [-0.3, -0.25) is 14.9 Å². The van der Waals surface area contributed by atoms with Crippen LogP contribution in [0.5, 0.6) is 0 Å². The van der Waals surface area contributed by atoms with Crippen molar-refractivity contribution in [1.82, 2.24) is 5.32 Å². The Morgan fingerprint density at radius 1 is 1.36 bits per heavy atom. The van der Waals surface area contributed by atoms with Gasteiger partial charge in [-0.25, -0.2) is 0 Å². The van der Waals surface area contributed by atoms with Crippen LogP contribution in [0.25, 0.3) is 0 Å². The Bertz CT molecular complexity index is 147. The average molecular weight is 222 g/mol. The van der Waals surface area contributed by atoms with E-state index in [-0.39, 0.29) is 11.8 Å². The highest BCUT2D eigenvalue weighted by Gasteiger charge is 2.01. The molecule has 0 aliphatic heterocycles. The van der Waals surface area contributed by atoms with Crippen molar-refractivity contribution in [2.24, 2.45) is 0 Å². The number of hydrogen-bond donors (Lipinski definition) is 1. The molecule has 4 heteroatoms. The molecule has 11 heavy (non-hydrogen) atoms. The predicted octanol–water partition coefficient (Wildman–Crippen LogP) is 1.21. The molecule has 0 rings (SSSR count). The molecule has 0 saturated heterocycles. The summed E-state index contributed by atoms with van der Waals surface area (Å²) in [5.41, 5.74) is 0. The van der Waals surface area contributed by atoms with E-state index < -0.39 is 0 Å². The molecule has 2 amide bonds. The number of alkyl halides is 1. The Morgan fingerprint density at radius 2 is 2.00 bits per heavy atom. The second-order valence-corrected chi connectivity index (χ2v) is 3.04. The molecule has 0 aliphatic rings. The molecule has 0 bridgehead atoms. The zero-order valence-corrected chi connectivity index (χ0v) is 8.11. The summed E-state index contributed by atoms with van der Waals surface area (Å²) >= 11 is 3.25. The van der Waals surface area contributed by atoms with E-state index in [2.05, 4.69) is 21.2 Å². The molecule has 0 unspecified atom stereocenters. The predicted molar refractivity (Wildman–Crippen MR) is 46.5 cm³/mol. The molecule has 0 spiro atoms. The summed E-state index contributed by atoms with van der Waals surface area (Å²) in [4.78, 5) is 21.1. The van der Waals surface area contributed by atoms with Crippen LogP contribution in [0.15, 0.2) is 0 Å². The van der Waals surface area contributed by atoms with Gasteiger partial charge in [0.2, 0.25) is 11.8 Å². The number of imide groups is 1. The van der Waals surface area contributed by atoms with Gasteiger partial charge in [0.1, 0.15) is 0 Å². The third-order valence-corrected chi connectivity index (χ3v) is 1.66. The molecule has 0 aromatic rings. The molecule has 0 saturated carbocycles. The summed E-state index contributed by atoms with van der Waals surface area (Å²) in [5.74, 6) is -0.465. The second-order valence-electron chi connectivity index (χ2n) is 2.25. The van der Waals surface area contributed by atoms with Gasteiger partial charge in [0.15, 0.2) is 0 Å². The third kappa shape index (κ3) is 7.52. The summed E-state index contributed by atoms with van der Waals surface area (Å²) in [6, 6.07) is 0. The van der Waals surface area contributed by atoms with Crippen LogP contribution in [0.4, 0.5) is 0 Å². The van der Waals surface area contributed by atoms with Gasteiger partial charge in [-0.2, -0.15) is 0 Å². The Hall–Kier alpha value is -0.380. The minimum absolute atomic E-state index is 0.182. The Balaban J connectivity index is 3.30. The zero-order valence-electron chi connectivity index (χ0n) is 6.52. The van der Waals surface area contributed by atoms with Gasteiger partial charge in [-0.15, -0.1) is 0 Å². The van der Waals surface area contributed by atoms with Crippen LogP contribution in [0.3, 0.4) is 0 Å². The standard InChI is InChI=1S/C7H12BrNO2/c1-6(10)9-7(11)4-2-3-5-8/h2-5H2,1H3,(H,9,10,11). The number of rotatable bonds is 4. The minimum atomic E-state index is -0.283. The van der Waals surface area contributed by atoms with E-state index in [1.165, 1.54) is 6.92 Å². The minimum Gasteiger partial charge on any atom is -0.297 e. The van der Waals surface area contributed by atoms with Crippen LogP contribution >= 0.6 is 15.9 Å². The number of carbonyl (C=O) groups is 2. The van der Waals surface area contributed by atoms with Crippen molar-refractivity contribution in [3.05, 3.63) is 0 Å². The third-order valence-electron chi connectivity index (χ3n) is 1.10. The van der Waals surface area contributed by atoms with Gasteiger partial charge in [-0.05, 0) is 12.8 Å². The zero-order chi connectivity index (χ0) is 8.69. The van der Waals surface area contributed by atoms with Crippen LogP contribution in [-0.2, 0) is 9.59 Å². The van der Waals surface area contributed by atoms with Crippen LogP contribution in [0, 0.1) is 0 Å².